The van der Waals surface area contributed by atoms with Crippen molar-refractivity contribution in [3.8, 4) is 0 Å². The highest BCUT2D eigenvalue weighted by molar-refractivity contribution is 5.18. The Morgan fingerprint density at radius 2 is 2.12 bits per heavy atom. The maximum atomic E-state index is 13.3. The van der Waals surface area contributed by atoms with Crippen LogP contribution < -0.4 is 5.32 Å². The Morgan fingerprint density at radius 1 is 1.35 bits per heavy atom. The molecule has 1 saturated carbocycles. The molecule has 0 aliphatic heterocycles. The van der Waals surface area contributed by atoms with Gasteiger partial charge in [0, 0.05) is 25.8 Å². The van der Waals surface area contributed by atoms with Gasteiger partial charge >= 0.3 is 0 Å². The zero-order chi connectivity index (χ0) is 12.3. The van der Waals surface area contributed by atoms with Crippen LogP contribution in [0.1, 0.15) is 24.8 Å². The standard InChI is InChI=1S/C13H17F2NO/c1-17-13(5-2-6-13)9-16-8-10-7-11(14)3-4-12(10)15/h3-4,7,16H,2,5-6,8-9H2,1H3. The van der Waals surface area contributed by atoms with E-state index in [9.17, 15) is 8.78 Å². The van der Waals surface area contributed by atoms with Crippen LogP contribution >= 0.6 is 0 Å². The molecule has 1 fully saturated rings. The van der Waals surface area contributed by atoms with Crippen molar-refractivity contribution >= 4 is 0 Å². The Bertz CT molecular complexity index is 385. The van der Waals surface area contributed by atoms with Crippen molar-refractivity contribution in [2.45, 2.75) is 31.4 Å². The van der Waals surface area contributed by atoms with Crippen molar-refractivity contribution in [3.05, 3.63) is 35.4 Å². The fraction of sp³-hybridized carbons (Fsp3) is 0.538. The molecule has 0 heterocycles. The smallest absolute Gasteiger partial charge is 0.127 e. The number of hydrogen-bond donors (Lipinski definition) is 1. The van der Waals surface area contributed by atoms with Gasteiger partial charge in [-0.25, -0.2) is 8.78 Å². The lowest BCUT2D eigenvalue weighted by molar-refractivity contribution is -0.0695. The van der Waals surface area contributed by atoms with Gasteiger partial charge in [0.25, 0.3) is 0 Å². The lowest BCUT2D eigenvalue weighted by atomic mass is 9.80. The van der Waals surface area contributed by atoms with Crippen LogP contribution in [0, 0.1) is 11.6 Å². The molecule has 0 radical (unpaired) electrons. The van der Waals surface area contributed by atoms with Crippen LogP contribution in [-0.2, 0) is 11.3 Å². The molecule has 94 valence electrons. The molecule has 1 aromatic carbocycles. The van der Waals surface area contributed by atoms with Gasteiger partial charge in [0.15, 0.2) is 0 Å². The molecule has 0 unspecified atom stereocenters. The Kier molecular flexibility index (Phi) is 3.74. The average Bonchev–Trinajstić information content (AvgIpc) is 2.27. The summed E-state index contributed by atoms with van der Waals surface area (Å²) < 4.78 is 31.7. The molecule has 1 aromatic rings. The minimum Gasteiger partial charge on any atom is -0.377 e. The molecule has 0 aromatic heterocycles. The first-order valence-corrected chi connectivity index (χ1v) is 5.85. The number of methoxy groups -OCH3 is 1. The largest absolute Gasteiger partial charge is 0.377 e. The van der Waals surface area contributed by atoms with Crippen molar-refractivity contribution in [3.63, 3.8) is 0 Å². The lowest BCUT2D eigenvalue weighted by Gasteiger charge is -2.40. The second-order valence-corrected chi connectivity index (χ2v) is 4.58. The van der Waals surface area contributed by atoms with Crippen LogP contribution in [0.4, 0.5) is 8.78 Å². The average molecular weight is 241 g/mol. The van der Waals surface area contributed by atoms with Crippen molar-refractivity contribution in [2.75, 3.05) is 13.7 Å². The molecule has 0 amide bonds. The fourth-order valence-electron chi connectivity index (χ4n) is 2.13. The van der Waals surface area contributed by atoms with Crippen molar-refractivity contribution in [1.29, 1.82) is 0 Å². The zero-order valence-corrected chi connectivity index (χ0v) is 9.93. The van der Waals surface area contributed by atoms with Gasteiger partial charge in [-0.1, -0.05) is 0 Å². The van der Waals surface area contributed by atoms with Gasteiger partial charge in [-0.05, 0) is 37.5 Å². The van der Waals surface area contributed by atoms with Crippen LogP contribution in [-0.4, -0.2) is 19.3 Å². The number of halogens is 2. The lowest BCUT2D eigenvalue weighted by Crippen LogP contribution is -2.47. The van der Waals surface area contributed by atoms with Crippen molar-refractivity contribution in [2.24, 2.45) is 0 Å². The highest BCUT2D eigenvalue weighted by Gasteiger charge is 2.36. The molecule has 2 nitrogen and oxygen atoms in total. The quantitative estimate of drug-likeness (QED) is 0.855. The first-order chi connectivity index (χ1) is 8.15. The van der Waals surface area contributed by atoms with E-state index in [4.69, 9.17) is 4.74 Å². The van der Waals surface area contributed by atoms with Crippen molar-refractivity contribution < 1.29 is 13.5 Å². The predicted octanol–water partition coefficient (Wildman–Crippen LogP) is 2.62. The summed E-state index contributed by atoms with van der Waals surface area (Å²) in [6.45, 7) is 1.01. The minimum atomic E-state index is -0.409. The highest BCUT2D eigenvalue weighted by atomic mass is 19.1. The second-order valence-electron chi connectivity index (χ2n) is 4.58. The third kappa shape index (κ3) is 2.82. The first-order valence-electron chi connectivity index (χ1n) is 5.85. The van der Waals surface area contributed by atoms with Gasteiger partial charge in [-0.3, -0.25) is 0 Å². The van der Waals surface area contributed by atoms with Gasteiger partial charge in [0.05, 0.1) is 5.60 Å². The van der Waals surface area contributed by atoms with E-state index in [2.05, 4.69) is 5.32 Å². The molecule has 0 saturated heterocycles. The van der Waals surface area contributed by atoms with Crippen LogP contribution in [0.2, 0.25) is 0 Å². The molecule has 0 spiro atoms. The van der Waals surface area contributed by atoms with Crippen LogP contribution in [0.25, 0.3) is 0 Å². The topological polar surface area (TPSA) is 21.3 Å². The molecule has 1 aliphatic rings. The predicted molar refractivity (Wildman–Crippen MR) is 61.7 cm³/mol. The molecule has 0 atom stereocenters. The van der Waals surface area contributed by atoms with Gasteiger partial charge in [-0.15, -0.1) is 0 Å². The molecule has 1 aliphatic carbocycles. The summed E-state index contributed by atoms with van der Waals surface area (Å²) >= 11 is 0. The molecule has 17 heavy (non-hydrogen) atoms. The molecular weight excluding hydrogens is 224 g/mol. The number of hydrogen-bond acceptors (Lipinski definition) is 2. The van der Waals surface area contributed by atoms with Gasteiger partial charge in [0.1, 0.15) is 11.6 Å². The van der Waals surface area contributed by atoms with E-state index >= 15 is 0 Å². The number of rotatable bonds is 5. The summed E-state index contributed by atoms with van der Waals surface area (Å²) in [5.74, 6) is -0.785. The normalized spacial score (nSPS) is 17.8. The van der Waals surface area contributed by atoms with Crippen LogP contribution in [0.15, 0.2) is 18.2 Å². The van der Waals surface area contributed by atoms with Crippen molar-refractivity contribution in [1.82, 2.24) is 5.32 Å². The molecular formula is C13H17F2NO. The fourth-order valence-corrected chi connectivity index (χ4v) is 2.13. The van der Waals surface area contributed by atoms with Gasteiger partial charge in [-0.2, -0.15) is 0 Å². The van der Waals surface area contributed by atoms with E-state index in [0.29, 0.717) is 18.7 Å². The van der Waals surface area contributed by atoms with E-state index in [1.807, 2.05) is 0 Å². The van der Waals surface area contributed by atoms with Crippen LogP contribution in [0.3, 0.4) is 0 Å². The highest BCUT2D eigenvalue weighted by Crippen LogP contribution is 2.34. The summed E-state index contributed by atoms with van der Waals surface area (Å²) in [6, 6.07) is 3.51. The molecule has 0 bridgehead atoms. The Hall–Kier alpha value is -1.00. The van der Waals surface area contributed by atoms with E-state index in [1.54, 1.807) is 7.11 Å². The summed E-state index contributed by atoms with van der Waals surface area (Å²) in [6.07, 6.45) is 3.23. The van der Waals surface area contributed by atoms with E-state index in [0.717, 1.165) is 25.0 Å². The maximum Gasteiger partial charge on any atom is 0.127 e. The maximum absolute atomic E-state index is 13.3. The zero-order valence-electron chi connectivity index (χ0n) is 9.93. The molecule has 4 heteroatoms. The van der Waals surface area contributed by atoms with Crippen LogP contribution in [0.5, 0.6) is 0 Å². The summed E-state index contributed by atoms with van der Waals surface area (Å²) in [4.78, 5) is 0. The Balaban J connectivity index is 1.87. The van der Waals surface area contributed by atoms with Gasteiger partial charge in [0.2, 0.25) is 0 Å². The minimum absolute atomic E-state index is 0.0935. The summed E-state index contributed by atoms with van der Waals surface area (Å²) in [5, 5.41) is 3.13. The molecule has 2 rings (SSSR count). The Morgan fingerprint density at radius 3 is 2.71 bits per heavy atom. The Labute approximate surface area is 100.0 Å². The van der Waals surface area contributed by atoms with E-state index in [1.165, 1.54) is 12.5 Å². The third-order valence-electron chi connectivity index (χ3n) is 3.47. The SMILES string of the molecule is COC1(CNCc2cc(F)ccc2F)CCC1. The summed E-state index contributed by atoms with van der Waals surface area (Å²) in [7, 11) is 1.70. The third-order valence-corrected chi connectivity index (χ3v) is 3.47. The first kappa shape index (κ1) is 12.5. The second kappa shape index (κ2) is 5.10. The number of ether oxygens (including phenoxy) is 1. The monoisotopic (exact) mass is 241 g/mol. The number of nitrogens with one attached hydrogen (secondary N) is 1. The van der Waals surface area contributed by atoms with E-state index < -0.39 is 5.82 Å². The van der Waals surface area contributed by atoms with Gasteiger partial charge < -0.3 is 10.1 Å². The number of benzene rings is 1. The summed E-state index contributed by atoms with van der Waals surface area (Å²) in [5.41, 5.74) is 0.264. The van der Waals surface area contributed by atoms with E-state index in [-0.39, 0.29) is 11.4 Å². The molecule has 1 N–H and O–H groups in total.